The molecule has 1 aromatic carbocycles. The van der Waals surface area contributed by atoms with E-state index in [1.807, 2.05) is 6.42 Å². The van der Waals surface area contributed by atoms with Gasteiger partial charge in [0.15, 0.2) is 0 Å². The zero-order valence-corrected chi connectivity index (χ0v) is 12.9. The van der Waals surface area contributed by atoms with Crippen molar-refractivity contribution in [3.8, 4) is 5.69 Å². The summed E-state index contributed by atoms with van der Waals surface area (Å²) < 4.78 is 1.50. The van der Waals surface area contributed by atoms with Crippen LogP contribution in [0.3, 0.4) is 0 Å². The molecule has 7 nitrogen and oxygen atoms in total. The second kappa shape index (κ2) is 6.57. The van der Waals surface area contributed by atoms with E-state index in [1.165, 1.54) is 15.5 Å². The minimum Gasteiger partial charge on any atom is -0.351 e. The van der Waals surface area contributed by atoms with Crippen molar-refractivity contribution >= 4 is 11.9 Å². The van der Waals surface area contributed by atoms with Gasteiger partial charge in [0.2, 0.25) is 0 Å². The van der Waals surface area contributed by atoms with Crippen LogP contribution in [0.2, 0.25) is 0 Å². The number of hydrogen-bond acceptors (Lipinski definition) is 3. The number of nitrogens with zero attached hydrogens (tertiary/aromatic N) is 2. The number of amides is 3. The van der Waals surface area contributed by atoms with E-state index in [4.69, 9.17) is 5.73 Å². The molecule has 1 atom stereocenters. The predicted octanol–water partition coefficient (Wildman–Crippen LogP) is 0.534. The fourth-order valence-electron chi connectivity index (χ4n) is 2.59. The van der Waals surface area contributed by atoms with Crippen molar-refractivity contribution < 1.29 is 9.59 Å². The van der Waals surface area contributed by atoms with E-state index in [-0.39, 0.29) is 17.5 Å². The third-order valence-electron chi connectivity index (χ3n) is 3.89. The summed E-state index contributed by atoms with van der Waals surface area (Å²) in [7, 11) is 0. The molecule has 1 aliphatic heterocycles. The van der Waals surface area contributed by atoms with Crippen LogP contribution in [0.4, 0.5) is 4.79 Å². The van der Waals surface area contributed by atoms with Gasteiger partial charge >= 0.3 is 6.03 Å². The second-order valence-electron chi connectivity index (χ2n) is 5.51. The van der Waals surface area contributed by atoms with Crippen LogP contribution in [0, 0.1) is 6.42 Å². The summed E-state index contributed by atoms with van der Waals surface area (Å²) in [5.41, 5.74) is 6.24. The Bertz CT molecular complexity index is 813. The number of nitrogens with two attached hydrogens (primary N) is 1. The first-order chi connectivity index (χ1) is 11.5. The van der Waals surface area contributed by atoms with Crippen molar-refractivity contribution in [2.24, 2.45) is 5.73 Å². The highest BCUT2D eigenvalue weighted by Crippen LogP contribution is 2.11. The molecule has 3 amide bonds. The average Bonchev–Trinajstić information content (AvgIpc) is 3.04. The molecule has 1 unspecified atom stereocenters. The minimum atomic E-state index is -0.499. The number of primary amides is 1. The number of pyridine rings is 1. The molecule has 24 heavy (non-hydrogen) atoms. The molecule has 2 heterocycles. The van der Waals surface area contributed by atoms with E-state index in [0.717, 1.165) is 0 Å². The van der Waals surface area contributed by atoms with Gasteiger partial charge in [-0.15, -0.1) is 0 Å². The molecule has 0 spiro atoms. The summed E-state index contributed by atoms with van der Waals surface area (Å²) in [5.74, 6) is -0.241. The number of hydrogen-bond donors (Lipinski definition) is 2. The van der Waals surface area contributed by atoms with Crippen molar-refractivity contribution in [3.63, 3.8) is 0 Å². The average molecular weight is 325 g/mol. The highest BCUT2D eigenvalue weighted by molar-refractivity contribution is 5.94. The van der Waals surface area contributed by atoms with Gasteiger partial charge < -0.3 is 16.0 Å². The summed E-state index contributed by atoms with van der Waals surface area (Å²) in [6.45, 7) is 0.800. The molecule has 2 aromatic rings. The van der Waals surface area contributed by atoms with Crippen molar-refractivity contribution in [3.05, 3.63) is 71.0 Å². The molecule has 123 valence electrons. The maximum Gasteiger partial charge on any atom is 0.314 e. The van der Waals surface area contributed by atoms with Crippen molar-refractivity contribution in [2.75, 3.05) is 13.1 Å². The Kier molecular flexibility index (Phi) is 4.33. The van der Waals surface area contributed by atoms with Crippen molar-refractivity contribution in [2.45, 2.75) is 6.04 Å². The van der Waals surface area contributed by atoms with Crippen LogP contribution in [0.25, 0.3) is 5.69 Å². The topological polar surface area (TPSA) is 97.4 Å². The molecule has 3 N–H and O–H groups in total. The summed E-state index contributed by atoms with van der Waals surface area (Å²) in [6.07, 6.45) is 3.50. The Balaban J connectivity index is 1.68. The van der Waals surface area contributed by atoms with E-state index in [9.17, 15) is 14.4 Å². The van der Waals surface area contributed by atoms with Crippen molar-refractivity contribution in [1.82, 2.24) is 14.8 Å². The van der Waals surface area contributed by atoms with Crippen LogP contribution in [0.1, 0.15) is 10.4 Å². The first-order valence-electron chi connectivity index (χ1n) is 7.51. The van der Waals surface area contributed by atoms with Gasteiger partial charge in [-0.05, 0) is 30.3 Å². The molecule has 1 aliphatic rings. The number of urea groups is 1. The Labute approximate surface area is 138 Å². The monoisotopic (exact) mass is 325 g/mol. The van der Waals surface area contributed by atoms with Gasteiger partial charge in [-0.25, -0.2) is 4.79 Å². The predicted molar refractivity (Wildman–Crippen MR) is 88.7 cm³/mol. The Morgan fingerprint density at radius 2 is 1.88 bits per heavy atom. The van der Waals surface area contributed by atoms with E-state index in [1.54, 1.807) is 42.6 Å². The smallest absolute Gasteiger partial charge is 0.314 e. The van der Waals surface area contributed by atoms with Gasteiger partial charge in [0, 0.05) is 43.0 Å². The third-order valence-corrected chi connectivity index (χ3v) is 3.89. The van der Waals surface area contributed by atoms with Gasteiger partial charge in [-0.1, -0.05) is 6.07 Å². The number of nitrogens with one attached hydrogen (secondary N) is 1. The summed E-state index contributed by atoms with van der Waals surface area (Å²) in [4.78, 5) is 36.6. The zero-order chi connectivity index (χ0) is 17.1. The number of aromatic nitrogens is 1. The van der Waals surface area contributed by atoms with Gasteiger partial charge in [0.05, 0.1) is 6.04 Å². The number of carbonyl (C=O) groups is 2. The molecule has 1 saturated heterocycles. The summed E-state index contributed by atoms with van der Waals surface area (Å²) in [6, 6.07) is 10.9. The highest BCUT2D eigenvalue weighted by Gasteiger charge is 2.26. The van der Waals surface area contributed by atoms with E-state index >= 15 is 0 Å². The minimum absolute atomic E-state index is 0.137. The fraction of sp³-hybridized carbons (Fsp3) is 0.176. The first-order valence-corrected chi connectivity index (χ1v) is 7.51. The molecule has 0 aliphatic carbocycles. The molecule has 1 aromatic heterocycles. The fourth-order valence-corrected chi connectivity index (χ4v) is 2.59. The molecule has 7 heteroatoms. The lowest BCUT2D eigenvalue weighted by Crippen LogP contribution is -2.40. The van der Waals surface area contributed by atoms with Crippen LogP contribution in [-0.2, 0) is 0 Å². The van der Waals surface area contributed by atoms with Crippen LogP contribution in [0.5, 0.6) is 0 Å². The lowest BCUT2D eigenvalue weighted by atomic mass is 10.1. The number of likely N-dealkylation sites (tertiary alicyclic amines) is 1. The summed E-state index contributed by atoms with van der Waals surface area (Å²) >= 11 is 0. The molecule has 1 fully saturated rings. The van der Waals surface area contributed by atoms with Gasteiger partial charge in [0.25, 0.3) is 11.5 Å². The molecular formula is C17H17N4O3. The largest absolute Gasteiger partial charge is 0.351 e. The number of carbonyl (C=O) groups excluding carboxylic acids is 2. The lowest BCUT2D eigenvalue weighted by Gasteiger charge is -2.14. The Morgan fingerprint density at radius 1 is 1.12 bits per heavy atom. The van der Waals surface area contributed by atoms with Crippen molar-refractivity contribution in [1.29, 1.82) is 0 Å². The molecule has 3 rings (SSSR count). The van der Waals surface area contributed by atoms with Gasteiger partial charge in [0.1, 0.15) is 0 Å². The van der Waals surface area contributed by atoms with Gasteiger partial charge in [-0.2, -0.15) is 0 Å². The number of rotatable bonds is 3. The maximum atomic E-state index is 12.3. The maximum absolute atomic E-state index is 12.3. The summed E-state index contributed by atoms with van der Waals surface area (Å²) in [5, 5.41) is 2.84. The molecule has 0 bridgehead atoms. The zero-order valence-electron chi connectivity index (χ0n) is 12.9. The van der Waals surface area contributed by atoms with Crippen LogP contribution in [-0.4, -0.2) is 40.5 Å². The lowest BCUT2D eigenvalue weighted by molar-refractivity contribution is 0.0942. The number of benzene rings is 1. The van der Waals surface area contributed by atoms with Crippen LogP contribution in [0.15, 0.2) is 53.5 Å². The first kappa shape index (κ1) is 15.8. The van der Waals surface area contributed by atoms with Gasteiger partial charge in [-0.3, -0.25) is 14.2 Å². The Hall–Kier alpha value is -3.09. The van der Waals surface area contributed by atoms with E-state index in [0.29, 0.717) is 24.3 Å². The van der Waals surface area contributed by atoms with E-state index in [2.05, 4.69) is 5.32 Å². The molecule has 1 radical (unpaired) electrons. The Morgan fingerprint density at radius 3 is 2.50 bits per heavy atom. The quantitative estimate of drug-likeness (QED) is 0.861. The SMILES string of the molecule is NC(=O)N1C[CH]C(NC(=O)c2ccc(-n3ccccc3=O)cc2)C1. The normalized spacial score (nSPS) is 16.8. The molecular weight excluding hydrogens is 308 g/mol. The third kappa shape index (κ3) is 3.29. The van der Waals surface area contributed by atoms with Crippen LogP contribution < -0.4 is 16.6 Å². The molecule has 0 saturated carbocycles. The standard InChI is InChI=1S/C17H17N4O3/c18-17(24)20-10-8-13(11-20)19-16(23)12-4-6-14(7-5-12)21-9-2-1-3-15(21)22/h1-9,13H,10-11H2,(H2,18,24)(H,19,23). The second-order valence-corrected chi connectivity index (χ2v) is 5.51. The highest BCUT2D eigenvalue weighted by atomic mass is 16.2. The van der Waals surface area contributed by atoms with E-state index < -0.39 is 6.03 Å². The van der Waals surface area contributed by atoms with Crippen LogP contribution >= 0.6 is 0 Å².